The molecule has 0 aliphatic carbocycles. The van der Waals surface area contributed by atoms with Crippen LogP contribution in [0.25, 0.3) is 0 Å². The lowest BCUT2D eigenvalue weighted by Gasteiger charge is -2.14. The number of ether oxygens (including phenoxy) is 2. The molecule has 0 amide bonds. The third-order valence-electron chi connectivity index (χ3n) is 2.81. The van der Waals surface area contributed by atoms with Crippen LogP contribution in [-0.4, -0.2) is 47.6 Å². The summed E-state index contributed by atoms with van der Waals surface area (Å²) in [6.45, 7) is 3.38. The summed E-state index contributed by atoms with van der Waals surface area (Å²) in [6, 6.07) is 0. The van der Waals surface area contributed by atoms with Gasteiger partial charge in [0, 0.05) is 0 Å². The molecule has 0 unspecified atom stereocenters. The summed E-state index contributed by atoms with van der Waals surface area (Å²) < 4.78 is 11.1. The number of fused-ring (bicyclic) bond motifs is 1. The van der Waals surface area contributed by atoms with Crippen molar-refractivity contribution in [2.75, 3.05) is 19.0 Å². The zero-order chi connectivity index (χ0) is 9.97. The Morgan fingerprint density at radius 1 is 1.29 bits per heavy atom. The number of aliphatic hydroxyl groups excluding tert-OH is 1. The fourth-order valence-corrected chi connectivity index (χ4v) is 3.32. The number of aliphatic hydroxyl groups is 1. The summed E-state index contributed by atoms with van der Waals surface area (Å²) in [7, 11) is 0. The normalized spacial score (nSPS) is 41.6. The van der Waals surface area contributed by atoms with E-state index in [1.165, 1.54) is 18.6 Å². The van der Waals surface area contributed by atoms with Crippen molar-refractivity contribution in [1.82, 2.24) is 0 Å². The van der Waals surface area contributed by atoms with E-state index in [0.717, 1.165) is 6.61 Å². The Morgan fingerprint density at radius 3 is 2.86 bits per heavy atom. The summed E-state index contributed by atoms with van der Waals surface area (Å²) >= 11 is 1.93. The highest BCUT2D eigenvalue weighted by molar-refractivity contribution is 8.00. The number of hydrogen-bond acceptors (Lipinski definition) is 4. The van der Waals surface area contributed by atoms with E-state index in [2.05, 4.69) is 6.92 Å². The SMILES string of the molecule is CCCCS[C@H]1CO[C@H]2[C@@H]1OC[C@@H]2O. The molecule has 0 radical (unpaired) electrons. The summed E-state index contributed by atoms with van der Waals surface area (Å²) in [6.07, 6.45) is 2.15. The van der Waals surface area contributed by atoms with Crippen molar-refractivity contribution >= 4 is 11.8 Å². The van der Waals surface area contributed by atoms with Gasteiger partial charge in [0.15, 0.2) is 0 Å². The minimum atomic E-state index is -0.406. The van der Waals surface area contributed by atoms with Crippen LogP contribution in [0.5, 0.6) is 0 Å². The van der Waals surface area contributed by atoms with Gasteiger partial charge in [0.05, 0.1) is 18.5 Å². The predicted octanol–water partition coefficient (Wildman–Crippen LogP) is 1.05. The zero-order valence-corrected chi connectivity index (χ0v) is 9.33. The Hall–Kier alpha value is 0.230. The van der Waals surface area contributed by atoms with Gasteiger partial charge in [-0.25, -0.2) is 0 Å². The highest BCUT2D eigenvalue weighted by Crippen LogP contribution is 2.34. The first-order valence-corrected chi connectivity index (χ1v) is 6.40. The van der Waals surface area contributed by atoms with Crippen LogP contribution in [0.2, 0.25) is 0 Å². The molecule has 1 N–H and O–H groups in total. The van der Waals surface area contributed by atoms with E-state index in [1.54, 1.807) is 0 Å². The molecule has 82 valence electrons. The molecular formula is C10H18O3S. The standard InChI is InChI=1S/C10H18O3S/c1-2-3-4-14-8-6-13-9-7(11)5-12-10(8)9/h7-11H,2-6H2,1H3/t7-,8-,9+,10+/m0/s1. The van der Waals surface area contributed by atoms with E-state index in [-0.39, 0.29) is 12.2 Å². The van der Waals surface area contributed by atoms with Crippen LogP contribution in [0.3, 0.4) is 0 Å². The Balaban J connectivity index is 1.78. The molecule has 4 heteroatoms. The third-order valence-corrected chi connectivity index (χ3v) is 4.17. The van der Waals surface area contributed by atoms with Crippen LogP contribution in [0.4, 0.5) is 0 Å². The molecule has 2 aliphatic rings. The van der Waals surface area contributed by atoms with Crippen molar-refractivity contribution in [2.24, 2.45) is 0 Å². The average molecular weight is 218 g/mol. The molecule has 0 aromatic heterocycles. The minimum Gasteiger partial charge on any atom is -0.388 e. The molecule has 3 nitrogen and oxygen atoms in total. The lowest BCUT2D eigenvalue weighted by molar-refractivity contribution is 0.0188. The van der Waals surface area contributed by atoms with Crippen molar-refractivity contribution in [3.05, 3.63) is 0 Å². The van der Waals surface area contributed by atoms with E-state index in [1.807, 2.05) is 11.8 Å². The molecule has 0 spiro atoms. The number of thioether (sulfide) groups is 1. The Kier molecular flexibility index (Phi) is 3.71. The molecule has 2 fully saturated rings. The quantitative estimate of drug-likeness (QED) is 0.716. The second-order valence-corrected chi connectivity index (χ2v) is 5.27. The predicted molar refractivity (Wildman–Crippen MR) is 56.6 cm³/mol. The van der Waals surface area contributed by atoms with Gasteiger partial charge in [0.2, 0.25) is 0 Å². The lowest BCUT2D eigenvalue weighted by Crippen LogP contribution is -2.30. The molecular weight excluding hydrogens is 200 g/mol. The molecule has 14 heavy (non-hydrogen) atoms. The third kappa shape index (κ3) is 2.08. The molecule has 2 saturated heterocycles. The number of rotatable bonds is 4. The van der Waals surface area contributed by atoms with Crippen molar-refractivity contribution < 1.29 is 14.6 Å². The maximum absolute atomic E-state index is 9.53. The molecule has 2 heterocycles. The molecule has 0 aromatic carbocycles. The molecule has 0 aromatic rings. The van der Waals surface area contributed by atoms with Gasteiger partial charge in [-0.3, -0.25) is 0 Å². The van der Waals surface area contributed by atoms with Crippen LogP contribution in [0.1, 0.15) is 19.8 Å². The van der Waals surface area contributed by atoms with Crippen molar-refractivity contribution in [2.45, 2.75) is 43.3 Å². The first-order chi connectivity index (χ1) is 6.83. The highest BCUT2D eigenvalue weighted by Gasteiger charge is 2.46. The smallest absolute Gasteiger partial charge is 0.113 e. The molecule has 2 aliphatic heterocycles. The summed E-state index contributed by atoms with van der Waals surface area (Å²) in [5.74, 6) is 1.17. The first kappa shape index (κ1) is 10.7. The van der Waals surface area contributed by atoms with Crippen molar-refractivity contribution in [3.8, 4) is 0 Å². The van der Waals surface area contributed by atoms with Gasteiger partial charge < -0.3 is 14.6 Å². The fourth-order valence-electron chi connectivity index (χ4n) is 1.97. The van der Waals surface area contributed by atoms with E-state index >= 15 is 0 Å². The van der Waals surface area contributed by atoms with Crippen LogP contribution < -0.4 is 0 Å². The van der Waals surface area contributed by atoms with Gasteiger partial charge >= 0.3 is 0 Å². The van der Waals surface area contributed by atoms with Crippen LogP contribution >= 0.6 is 11.8 Å². The average Bonchev–Trinajstić information content (AvgIpc) is 2.72. The topological polar surface area (TPSA) is 38.7 Å². The Bertz CT molecular complexity index is 188. The van der Waals surface area contributed by atoms with Crippen molar-refractivity contribution in [3.63, 3.8) is 0 Å². The minimum absolute atomic E-state index is 0.0610. The van der Waals surface area contributed by atoms with Gasteiger partial charge in [-0.1, -0.05) is 13.3 Å². The Morgan fingerprint density at radius 2 is 2.07 bits per heavy atom. The molecule has 4 atom stereocenters. The van der Waals surface area contributed by atoms with Crippen LogP contribution in [0.15, 0.2) is 0 Å². The number of hydrogen-bond donors (Lipinski definition) is 1. The van der Waals surface area contributed by atoms with Gasteiger partial charge in [-0.15, -0.1) is 0 Å². The van der Waals surface area contributed by atoms with Gasteiger partial charge in [0.25, 0.3) is 0 Å². The molecule has 0 saturated carbocycles. The van der Waals surface area contributed by atoms with Gasteiger partial charge in [-0.2, -0.15) is 11.8 Å². The zero-order valence-electron chi connectivity index (χ0n) is 8.52. The van der Waals surface area contributed by atoms with E-state index in [4.69, 9.17) is 9.47 Å². The fraction of sp³-hybridized carbons (Fsp3) is 1.00. The van der Waals surface area contributed by atoms with Gasteiger partial charge in [-0.05, 0) is 12.2 Å². The maximum atomic E-state index is 9.53. The largest absolute Gasteiger partial charge is 0.388 e. The molecule has 0 bridgehead atoms. The summed E-state index contributed by atoms with van der Waals surface area (Å²) in [4.78, 5) is 0. The van der Waals surface area contributed by atoms with Crippen molar-refractivity contribution in [1.29, 1.82) is 0 Å². The monoisotopic (exact) mass is 218 g/mol. The second-order valence-electron chi connectivity index (χ2n) is 3.93. The summed E-state index contributed by atoms with van der Waals surface area (Å²) in [5.41, 5.74) is 0. The lowest BCUT2D eigenvalue weighted by atomic mass is 10.1. The second kappa shape index (κ2) is 4.84. The van der Waals surface area contributed by atoms with E-state index in [9.17, 15) is 5.11 Å². The first-order valence-electron chi connectivity index (χ1n) is 5.35. The van der Waals surface area contributed by atoms with Crippen LogP contribution in [-0.2, 0) is 9.47 Å². The highest BCUT2D eigenvalue weighted by atomic mass is 32.2. The van der Waals surface area contributed by atoms with E-state index < -0.39 is 6.10 Å². The van der Waals surface area contributed by atoms with Crippen LogP contribution in [0, 0.1) is 0 Å². The van der Waals surface area contributed by atoms with E-state index in [0.29, 0.717) is 11.9 Å². The molecule has 2 rings (SSSR count). The van der Waals surface area contributed by atoms with Gasteiger partial charge in [0.1, 0.15) is 18.3 Å². The number of unbranched alkanes of at least 4 members (excludes halogenated alkanes) is 1. The summed E-state index contributed by atoms with van der Waals surface area (Å²) in [5, 5.41) is 9.96. The Labute approximate surface area is 89.2 Å². The maximum Gasteiger partial charge on any atom is 0.113 e.